The van der Waals surface area contributed by atoms with Gasteiger partial charge < -0.3 is 4.74 Å². The zero-order chi connectivity index (χ0) is 15.3. The predicted molar refractivity (Wildman–Crippen MR) is 95.1 cm³/mol. The summed E-state index contributed by atoms with van der Waals surface area (Å²) >= 11 is 2.29. The summed E-state index contributed by atoms with van der Waals surface area (Å²) in [4.78, 5) is 20.0. The van der Waals surface area contributed by atoms with E-state index in [4.69, 9.17) is 4.74 Å². The van der Waals surface area contributed by atoms with E-state index in [0.717, 1.165) is 12.8 Å². The molecule has 1 aromatic carbocycles. The van der Waals surface area contributed by atoms with Crippen molar-refractivity contribution in [2.75, 3.05) is 19.3 Å². The number of hydrogen-bond acceptors (Lipinski definition) is 4. The second-order valence-electron chi connectivity index (χ2n) is 5.26. The van der Waals surface area contributed by atoms with Crippen LogP contribution >= 0.6 is 30.3 Å². The molecule has 3 N–H and O–H groups in total. The molecule has 0 saturated carbocycles. The molecule has 0 radical (unpaired) electrons. The van der Waals surface area contributed by atoms with Crippen molar-refractivity contribution >= 4 is 30.3 Å². The summed E-state index contributed by atoms with van der Waals surface area (Å²) in [5.74, 6) is 2.17. The van der Waals surface area contributed by atoms with Gasteiger partial charge in [0.15, 0.2) is 5.82 Å². The standard InChI is InChI=1S/C15H22INO3P/c1-2-3-7-21(18,19)11-14-9-17-15(10-20-14)12-5-4-6-13(16)8-12/h4-6,8,11,15,17-19H,2-3,7,9-10H2,1H3/q+1/t15-/m0/s1. The minimum absolute atomic E-state index is 0.151. The molecule has 1 atom stereocenters. The fourth-order valence-electron chi connectivity index (χ4n) is 2.23. The molecule has 2 rings (SSSR count). The molecule has 1 heterocycles. The van der Waals surface area contributed by atoms with Gasteiger partial charge in [-0.1, -0.05) is 25.5 Å². The summed E-state index contributed by atoms with van der Waals surface area (Å²) < 4.78 is 6.90. The second-order valence-corrected chi connectivity index (χ2v) is 8.78. The van der Waals surface area contributed by atoms with Crippen molar-refractivity contribution in [2.24, 2.45) is 0 Å². The van der Waals surface area contributed by atoms with Crippen molar-refractivity contribution in [2.45, 2.75) is 25.8 Å². The molecule has 0 unspecified atom stereocenters. The van der Waals surface area contributed by atoms with E-state index < -0.39 is 7.72 Å². The van der Waals surface area contributed by atoms with Crippen LogP contribution in [0.4, 0.5) is 0 Å². The molecule has 1 saturated heterocycles. The van der Waals surface area contributed by atoms with Crippen LogP contribution in [0, 0.1) is 3.57 Å². The van der Waals surface area contributed by atoms with Crippen molar-refractivity contribution in [1.82, 2.24) is 5.32 Å². The Bertz CT molecular complexity index is 497. The molecule has 1 aliphatic rings. The Balaban J connectivity index is 1.94. The first-order valence-corrected chi connectivity index (χ1v) is 10.2. The molecule has 1 fully saturated rings. The molecule has 6 heteroatoms. The van der Waals surface area contributed by atoms with E-state index in [1.165, 1.54) is 15.0 Å². The van der Waals surface area contributed by atoms with E-state index in [9.17, 15) is 9.79 Å². The first-order valence-electron chi connectivity index (χ1n) is 7.17. The van der Waals surface area contributed by atoms with Crippen molar-refractivity contribution < 1.29 is 14.5 Å². The number of ether oxygens (including phenoxy) is 1. The number of hydrogen-bond donors (Lipinski definition) is 3. The molecule has 0 aliphatic carbocycles. The number of nitrogens with one attached hydrogen (secondary N) is 1. The van der Waals surface area contributed by atoms with Gasteiger partial charge in [-0.3, -0.25) is 5.32 Å². The second kappa shape index (κ2) is 7.88. The maximum Gasteiger partial charge on any atom is 0.296 e. The van der Waals surface area contributed by atoms with E-state index in [-0.39, 0.29) is 6.04 Å². The van der Waals surface area contributed by atoms with Crippen LogP contribution in [0.2, 0.25) is 0 Å². The molecule has 0 amide bonds. The third-order valence-electron chi connectivity index (χ3n) is 3.40. The molecule has 1 aliphatic heterocycles. The third-order valence-corrected chi connectivity index (χ3v) is 5.75. The zero-order valence-corrected chi connectivity index (χ0v) is 15.2. The Hall–Kier alpha value is -0.200. The van der Waals surface area contributed by atoms with Gasteiger partial charge in [-0.2, -0.15) is 0 Å². The SMILES string of the molecule is CCCC[P+](O)(O)C=C1CN[C@H](c2cccc(I)c2)CO1. The molecule has 21 heavy (non-hydrogen) atoms. The van der Waals surface area contributed by atoms with Crippen LogP contribution < -0.4 is 5.32 Å². The van der Waals surface area contributed by atoms with Gasteiger partial charge in [0, 0.05) is 3.57 Å². The highest BCUT2D eigenvalue weighted by Gasteiger charge is 2.32. The minimum atomic E-state index is -2.96. The maximum absolute atomic E-state index is 10.00. The molecular formula is C15H22INO3P+. The summed E-state index contributed by atoms with van der Waals surface area (Å²) in [7, 11) is -2.96. The van der Waals surface area contributed by atoms with Crippen LogP contribution in [-0.2, 0) is 4.74 Å². The van der Waals surface area contributed by atoms with Crippen molar-refractivity contribution in [3.63, 3.8) is 0 Å². The topological polar surface area (TPSA) is 61.7 Å². The summed E-state index contributed by atoms with van der Waals surface area (Å²) in [6.07, 6.45) is 2.22. The summed E-state index contributed by atoms with van der Waals surface area (Å²) in [5, 5.41) is 3.39. The smallest absolute Gasteiger partial charge is 0.296 e. The lowest BCUT2D eigenvalue weighted by Crippen LogP contribution is -2.33. The van der Waals surface area contributed by atoms with Crippen LogP contribution in [0.3, 0.4) is 0 Å². The highest BCUT2D eigenvalue weighted by Crippen LogP contribution is 2.53. The minimum Gasteiger partial charge on any atom is -0.491 e. The molecule has 0 bridgehead atoms. The van der Waals surface area contributed by atoms with E-state index in [2.05, 4.69) is 46.1 Å². The van der Waals surface area contributed by atoms with Crippen molar-refractivity contribution in [3.05, 3.63) is 45.0 Å². The fraction of sp³-hybridized carbons (Fsp3) is 0.467. The average molecular weight is 422 g/mol. The first kappa shape index (κ1) is 17.2. The molecular weight excluding hydrogens is 400 g/mol. The summed E-state index contributed by atoms with van der Waals surface area (Å²) in [6, 6.07) is 8.45. The van der Waals surface area contributed by atoms with Gasteiger partial charge in [0.25, 0.3) is 7.72 Å². The molecule has 4 nitrogen and oxygen atoms in total. The van der Waals surface area contributed by atoms with Gasteiger partial charge in [0.2, 0.25) is 0 Å². The normalized spacial score (nSPS) is 21.3. The molecule has 0 aromatic heterocycles. The van der Waals surface area contributed by atoms with Gasteiger partial charge >= 0.3 is 0 Å². The van der Waals surface area contributed by atoms with Gasteiger partial charge in [-0.15, -0.1) is 0 Å². The largest absolute Gasteiger partial charge is 0.491 e. The monoisotopic (exact) mass is 422 g/mol. The number of benzene rings is 1. The average Bonchev–Trinajstić information content (AvgIpc) is 2.46. The number of halogens is 1. The fourth-order valence-corrected chi connectivity index (χ4v) is 4.34. The Labute approximate surface area is 140 Å². The van der Waals surface area contributed by atoms with E-state index in [1.54, 1.807) is 0 Å². The van der Waals surface area contributed by atoms with Gasteiger partial charge in [-0.05, 0) is 46.7 Å². The zero-order valence-electron chi connectivity index (χ0n) is 12.1. The third kappa shape index (κ3) is 5.49. The van der Waals surface area contributed by atoms with Gasteiger partial charge in [0.05, 0.1) is 12.6 Å². The van der Waals surface area contributed by atoms with E-state index in [1.807, 2.05) is 13.0 Å². The van der Waals surface area contributed by atoms with Crippen LogP contribution in [0.15, 0.2) is 35.8 Å². The number of rotatable bonds is 5. The van der Waals surface area contributed by atoms with Crippen LogP contribution in [0.1, 0.15) is 31.4 Å². The quantitative estimate of drug-likeness (QED) is 0.503. The Morgan fingerprint density at radius 2 is 2.29 bits per heavy atom. The summed E-state index contributed by atoms with van der Waals surface area (Å²) in [5.41, 5.74) is 1.20. The van der Waals surface area contributed by atoms with Gasteiger partial charge in [0.1, 0.15) is 18.5 Å². The molecule has 1 aromatic rings. The van der Waals surface area contributed by atoms with Gasteiger partial charge in [-0.25, -0.2) is 9.79 Å². The lowest BCUT2D eigenvalue weighted by atomic mass is 10.1. The lowest BCUT2D eigenvalue weighted by Gasteiger charge is -2.26. The highest BCUT2D eigenvalue weighted by atomic mass is 127. The Kier molecular flexibility index (Phi) is 6.44. The Morgan fingerprint density at radius 3 is 2.90 bits per heavy atom. The number of unbranched alkanes of at least 4 members (excludes halogenated alkanes) is 1. The van der Waals surface area contributed by atoms with Crippen LogP contribution in [0.5, 0.6) is 0 Å². The number of morpholine rings is 1. The van der Waals surface area contributed by atoms with Crippen LogP contribution in [-0.4, -0.2) is 29.1 Å². The van der Waals surface area contributed by atoms with Crippen molar-refractivity contribution in [3.8, 4) is 0 Å². The predicted octanol–water partition coefficient (Wildman–Crippen LogP) is 3.43. The highest BCUT2D eigenvalue weighted by molar-refractivity contribution is 14.1. The Morgan fingerprint density at radius 1 is 1.48 bits per heavy atom. The first-order chi connectivity index (χ1) is 10.00. The molecule has 0 spiro atoms. The molecule has 116 valence electrons. The van der Waals surface area contributed by atoms with Crippen LogP contribution in [0.25, 0.3) is 0 Å². The lowest BCUT2D eigenvalue weighted by molar-refractivity contribution is 0.139. The summed E-state index contributed by atoms with van der Waals surface area (Å²) in [6.45, 7) is 3.09. The maximum atomic E-state index is 10.00. The van der Waals surface area contributed by atoms with E-state index in [0.29, 0.717) is 25.1 Å². The van der Waals surface area contributed by atoms with Crippen molar-refractivity contribution in [1.29, 1.82) is 0 Å². The van der Waals surface area contributed by atoms with E-state index >= 15 is 0 Å².